The number of rotatable bonds is 5. The number of pyridine rings is 1. The maximum Gasteiger partial charge on any atom is 0.405 e. The minimum atomic E-state index is -4.27. The summed E-state index contributed by atoms with van der Waals surface area (Å²) in [5.41, 5.74) is 6.03. The van der Waals surface area contributed by atoms with Gasteiger partial charge in [0.25, 0.3) is 0 Å². The zero-order chi connectivity index (χ0) is 14.0. The SMILES string of the molecule is CN(CC(F)(F)F)c1ccc(N)c(OCC2CC2)n1. The van der Waals surface area contributed by atoms with Crippen LogP contribution in [0.2, 0.25) is 0 Å². The Morgan fingerprint density at radius 2 is 2.11 bits per heavy atom. The van der Waals surface area contributed by atoms with Crippen LogP contribution in [0.5, 0.6) is 5.88 Å². The van der Waals surface area contributed by atoms with Crippen molar-refractivity contribution in [3.8, 4) is 5.88 Å². The maximum absolute atomic E-state index is 12.3. The summed E-state index contributed by atoms with van der Waals surface area (Å²) < 4.78 is 42.4. The number of hydrogen-bond acceptors (Lipinski definition) is 4. The van der Waals surface area contributed by atoms with Crippen LogP contribution < -0.4 is 15.4 Å². The lowest BCUT2D eigenvalue weighted by Crippen LogP contribution is -2.31. The number of aromatic nitrogens is 1. The Morgan fingerprint density at radius 1 is 1.42 bits per heavy atom. The first-order valence-corrected chi connectivity index (χ1v) is 6.02. The first-order chi connectivity index (χ1) is 8.85. The van der Waals surface area contributed by atoms with Gasteiger partial charge in [0.05, 0.1) is 12.3 Å². The number of hydrogen-bond donors (Lipinski definition) is 1. The first-order valence-electron chi connectivity index (χ1n) is 6.02. The van der Waals surface area contributed by atoms with E-state index in [0.717, 1.165) is 17.7 Å². The standard InChI is InChI=1S/C12H16F3N3O/c1-18(7-12(13,14)15)10-5-4-9(16)11(17-10)19-6-8-2-3-8/h4-5,8H,2-3,6-7,16H2,1H3. The minimum absolute atomic E-state index is 0.192. The van der Waals surface area contributed by atoms with Crippen molar-refractivity contribution in [2.24, 2.45) is 5.92 Å². The van der Waals surface area contributed by atoms with Crippen LogP contribution in [-0.2, 0) is 0 Å². The number of nitrogens with zero attached hydrogens (tertiary/aromatic N) is 2. The Balaban J connectivity index is 2.05. The van der Waals surface area contributed by atoms with Crippen molar-refractivity contribution in [3.63, 3.8) is 0 Å². The number of alkyl halides is 3. The van der Waals surface area contributed by atoms with Crippen LogP contribution in [0.1, 0.15) is 12.8 Å². The van der Waals surface area contributed by atoms with E-state index in [1.165, 1.54) is 19.2 Å². The molecule has 4 nitrogen and oxygen atoms in total. The van der Waals surface area contributed by atoms with E-state index >= 15 is 0 Å². The highest BCUT2D eigenvalue weighted by molar-refractivity contribution is 5.54. The predicted molar refractivity (Wildman–Crippen MR) is 66.2 cm³/mol. The van der Waals surface area contributed by atoms with E-state index < -0.39 is 12.7 Å². The molecule has 0 radical (unpaired) electrons. The summed E-state index contributed by atoms with van der Waals surface area (Å²) in [6.07, 6.45) is -2.03. The van der Waals surface area contributed by atoms with Crippen LogP contribution in [0.4, 0.5) is 24.7 Å². The second-order valence-corrected chi connectivity index (χ2v) is 4.79. The van der Waals surface area contributed by atoms with E-state index in [-0.39, 0.29) is 11.7 Å². The fraction of sp³-hybridized carbons (Fsp3) is 0.583. The van der Waals surface area contributed by atoms with Crippen molar-refractivity contribution in [1.29, 1.82) is 0 Å². The average molecular weight is 275 g/mol. The van der Waals surface area contributed by atoms with Crippen molar-refractivity contribution in [2.75, 3.05) is 30.8 Å². The predicted octanol–water partition coefficient (Wildman–Crippen LogP) is 2.45. The van der Waals surface area contributed by atoms with Crippen molar-refractivity contribution in [3.05, 3.63) is 12.1 Å². The summed E-state index contributed by atoms with van der Waals surface area (Å²) >= 11 is 0. The maximum atomic E-state index is 12.3. The number of anilines is 2. The van der Waals surface area contributed by atoms with Crippen LogP contribution in [-0.4, -0.2) is 31.4 Å². The second kappa shape index (κ2) is 5.14. The molecule has 7 heteroatoms. The lowest BCUT2D eigenvalue weighted by Gasteiger charge is -2.20. The largest absolute Gasteiger partial charge is 0.476 e. The molecule has 2 N–H and O–H groups in total. The monoisotopic (exact) mass is 275 g/mol. The zero-order valence-corrected chi connectivity index (χ0v) is 10.6. The van der Waals surface area contributed by atoms with Crippen LogP contribution in [0, 0.1) is 5.92 Å². The van der Waals surface area contributed by atoms with E-state index in [0.29, 0.717) is 18.2 Å². The smallest absolute Gasteiger partial charge is 0.405 e. The second-order valence-electron chi connectivity index (χ2n) is 4.79. The first kappa shape index (κ1) is 13.8. The van der Waals surface area contributed by atoms with Crippen molar-refractivity contribution in [1.82, 2.24) is 4.98 Å². The normalized spacial score (nSPS) is 15.4. The molecular formula is C12H16F3N3O. The van der Waals surface area contributed by atoms with Gasteiger partial charge in [-0.05, 0) is 30.9 Å². The van der Waals surface area contributed by atoms with Crippen LogP contribution in [0.15, 0.2) is 12.1 Å². The van der Waals surface area contributed by atoms with E-state index in [1.54, 1.807) is 0 Å². The molecule has 106 valence electrons. The Kier molecular flexibility index (Phi) is 3.73. The molecule has 1 saturated carbocycles. The van der Waals surface area contributed by atoms with Gasteiger partial charge in [0.1, 0.15) is 12.4 Å². The third-order valence-electron chi connectivity index (χ3n) is 2.84. The van der Waals surface area contributed by atoms with Gasteiger partial charge in [-0.25, -0.2) is 0 Å². The summed E-state index contributed by atoms with van der Waals surface area (Å²) in [7, 11) is 1.33. The van der Waals surface area contributed by atoms with Gasteiger partial charge in [-0.1, -0.05) is 0 Å². The van der Waals surface area contributed by atoms with E-state index in [1.807, 2.05) is 0 Å². The summed E-state index contributed by atoms with van der Waals surface area (Å²) in [6.45, 7) is -0.546. The number of nitrogen functional groups attached to an aromatic ring is 1. The molecule has 1 fully saturated rings. The Hall–Kier alpha value is -1.66. The van der Waals surface area contributed by atoms with Crippen LogP contribution in [0.3, 0.4) is 0 Å². The highest BCUT2D eigenvalue weighted by Crippen LogP contribution is 2.31. The van der Waals surface area contributed by atoms with Crippen LogP contribution in [0.25, 0.3) is 0 Å². The molecule has 1 aliphatic carbocycles. The Morgan fingerprint density at radius 3 is 2.68 bits per heavy atom. The molecule has 2 rings (SSSR count). The third kappa shape index (κ3) is 4.18. The van der Waals surface area contributed by atoms with Gasteiger partial charge in [0.2, 0.25) is 5.88 Å². The van der Waals surface area contributed by atoms with Gasteiger partial charge in [-0.3, -0.25) is 0 Å². The molecule has 0 unspecified atom stereocenters. The van der Waals surface area contributed by atoms with Gasteiger partial charge >= 0.3 is 6.18 Å². The Labute approximate surface area is 109 Å². The lowest BCUT2D eigenvalue weighted by atomic mass is 10.3. The van der Waals surface area contributed by atoms with Crippen molar-refractivity contribution in [2.45, 2.75) is 19.0 Å². The fourth-order valence-electron chi connectivity index (χ4n) is 1.60. The quantitative estimate of drug-likeness (QED) is 0.896. The number of nitrogens with two attached hydrogens (primary N) is 1. The molecule has 1 aromatic rings. The summed E-state index contributed by atoms with van der Waals surface area (Å²) in [5.74, 6) is 0.925. The fourth-order valence-corrected chi connectivity index (χ4v) is 1.60. The molecule has 19 heavy (non-hydrogen) atoms. The highest BCUT2D eigenvalue weighted by Gasteiger charge is 2.30. The zero-order valence-electron chi connectivity index (χ0n) is 10.6. The molecule has 1 heterocycles. The van der Waals surface area contributed by atoms with Gasteiger partial charge in [0.15, 0.2) is 0 Å². The molecule has 0 saturated heterocycles. The molecule has 0 atom stereocenters. The van der Waals surface area contributed by atoms with Crippen LogP contribution >= 0.6 is 0 Å². The average Bonchev–Trinajstić information content (AvgIpc) is 3.09. The third-order valence-corrected chi connectivity index (χ3v) is 2.84. The summed E-state index contributed by atoms with van der Waals surface area (Å²) in [6, 6.07) is 2.96. The summed E-state index contributed by atoms with van der Waals surface area (Å²) in [5, 5.41) is 0. The van der Waals surface area contributed by atoms with E-state index in [2.05, 4.69) is 4.98 Å². The van der Waals surface area contributed by atoms with Gasteiger partial charge in [0, 0.05) is 7.05 Å². The lowest BCUT2D eigenvalue weighted by molar-refractivity contribution is -0.119. The van der Waals surface area contributed by atoms with E-state index in [4.69, 9.17) is 10.5 Å². The van der Waals surface area contributed by atoms with Gasteiger partial charge in [-0.15, -0.1) is 0 Å². The Bertz CT molecular complexity index is 446. The van der Waals surface area contributed by atoms with Gasteiger partial charge < -0.3 is 15.4 Å². The van der Waals surface area contributed by atoms with Gasteiger partial charge in [-0.2, -0.15) is 18.2 Å². The highest BCUT2D eigenvalue weighted by atomic mass is 19.4. The molecule has 1 aliphatic rings. The topological polar surface area (TPSA) is 51.4 Å². The van der Waals surface area contributed by atoms with Crippen molar-refractivity contribution < 1.29 is 17.9 Å². The molecule has 0 aromatic carbocycles. The van der Waals surface area contributed by atoms with Crippen molar-refractivity contribution >= 4 is 11.5 Å². The summed E-state index contributed by atoms with van der Waals surface area (Å²) in [4.78, 5) is 5.05. The van der Waals surface area contributed by atoms with E-state index in [9.17, 15) is 13.2 Å². The molecule has 0 aliphatic heterocycles. The molecular weight excluding hydrogens is 259 g/mol. The molecule has 0 spiro atoms. The number of ether oxygens (including phenoxy) is 1. The molecule has 1 aromatic heterocycles. The molecule has 0 amide bonds. The molecule has 0 bridgehead atoms. The minimum Gasteiger partial charge on any atom is -0.476 e. The number of halogens is 3.